The highest BCUT2D eigenvalue weighted by Gasteiger charge is 2.34. The van der Waals surface area contributed by atoms with Gasteiger partial charge in [-0.2, -0.15) is 13.2 Å². The molecule has 0 bridgehead atoms. The molecule has 0 unspecified atom stereocenters. The van der Waals surface area contributed by atoms with Crippen LogP contribution >= 0.6 is 23.8 Å². The maximum Gasteiger partial charge on any atom is 0.419 e. The first-order valence-corrected chi connectivity index (χ1v) is 8.27. The van der Waals surface area contributed by atoms with Crippen molar-refractivity contribution in [3.8, 4) is 11.5 Å². The minimum Gasteiger partial charge on any atom is -0.495 e. The van der Waals surface area contributed by atoms with E-state index < -0.39 is 17.6 Å². The molecule has 4 nitrogen and oxygen atoms in total. The summed E-state index contributed by atoms with van der Waals surface area (Å²) in [6.07, 6.45) is -4.77. The predicted molar refractivity (Wildman–Crippen MR) is 99.0 cm³/mol. The van der Waals surface area contributed by atoms with Gasteiger partial charge in [0.1, 0.15) is 17.3 Å². The fourth-order valence-corrected chi connectivity index (χ4v) is 2.65. The van der Waals surface area contributed by atoms with Gasteiger partial charge in [0.15, 0.2) is 5.11 Å². The Balaban J connectivity index is 2.12. The summed E-state index contributed by atoms with van der Waals surface area (Å²) in [7, 11) is 2.86. The van der Waals surface area contributed by atoms with Gasteiger partial charge in [-0.3, -0.25) is 0 Å². The molecular weight excluding hydrogens is 408 g/mol. The lowest BCUT2D eigenvalue weighted by molar-refractivity contribution is -0.140. The number of ether oxygens (including phenoxy) is 2. The van der Waals surface area contributed by atoms with Gasteiger partial charge in [-0.25, -0.2) is 4.39 Å². The molecule has 0 aromatic heterocycles. The summed E-state index contributed by atoms with van der Waals surface area (Å²) >= 11 is 11.1. The van der Waals surface area contributed by atoms with E-state index in [1.807, 2.05) is 0 Å². The van der Waals surface area contributed by atoms with E-state index in [9.17, 15) is 17.6 Å². The third-order valence-electron chi connectivity index (χ3n) is 3.55. The molecule has 0 aliphatic heterocycles. The van der Waals surface area contributed by atoms with Crippen LogP contribution in [0.4, 0.5) is 23.2 Å². The number of rotatable bonds is 5. The molecule has 0 fully saturated rings. The van der Waals surface area contributed by atoms with Crippen molar-refractivity contribution in [2.24, 2.45) is 0 Å². The predicted octanol–water partition coefficient (Wildman–Crippen LogP) is 5.00. The molecule has 27 heavy (non-hydrogen) atoms. The molecule has 0 aliphatic carbocycles. The van der Waals surface area contributed by atoms with Gasteiger partial charge in [0, 0.05) is 24.2 Å². The minimum absolute atomic E-state index is 0.0505. The molecule has 0 aliphatic rings. The first kappa shape index (κ1) is 21.0. The number of nitrogens with one attached hydrogen (secondary N) is 2. The normalized spacial score (nSPS) is 11.1. The molecule has 10 heteroatoms. The Hall–Kier alpha value is -2.26. The highest BCUT2D eigenvalue weighted by Crippen LogP contribution is 2.36. The molecule has 2 rings (SSSR count). The van der Waals surface area contributed by atoms with Crippen molar-refractivity contribution in [1.82, 2.24) is 5.32 Å². The zero-order chi connectivity index (χ0) is 20.2. The molecule has 0 atom stereocenters. The van der Waals surface area contributed by atoms with Crippen LogP contribution in [0, 0.1) is 5.82 Å². The highest BCUT2D eigenvalue weighted by atomic mass is 35.5. The molecule has 2 N–H and O–H groups in total. The third-order valence-corrected chi connectivity index (χ3v) is 4.09. The van der Waals surface area contributed by atoms with Crippen LogP contribution in [0.1, 0.15) is 11.1 Å². The van der Waals surface area contributed by atoms with Gasteiger partial charge in [-0.1, -0.05) is 23.7 Å². The number of anilines is 1. The van der Waals surface area contributed by atoms with Crippen LogP contribution in [0.3, 0.4) is 0 Å². The summed E-state index contributed by atoms with van der Waals surface area (Å²) in [5, 5.41) is 5.84. The fraction of sp³-hybridized carbons (Fsp3) is 0.235. The first-order chi connectivity index (χ1) is 12.7. The number of hydrogen-bond acceptors (Lipinski definition) is 3. The monoisotopic (exact) mass is 422 g/mol. The van der Waals surface area contributed by atoms with E-state index in [-0.39, 0.29) is 17.2 Å². The van der Waals surface area contributed by atoms with Crippen LogP contribution in [-0.2, 0) is 12.7 Å². The first-order valence-electron chi connectivity index (χ1n) is 7.48. The van der Waals surface area contributed by atoms with Crippen molar-refractivity contribution in [3.63, 3.8) is 0 Å². The van der Waals surface area contributed by atoms with E-state index in [0.717, 1.165) is 6.07 Å². The van der Waals surface area contributed by atoms with Crippen LogP contribution in [0.2, 0.25) is 5.02 Å². The van der Waals surface area contributed by atoms with E-state index in [0.29, 0.717) is 28.3 Å². The maximum absolute atomic E-state index is 14.0. The lowest BCUT2D eigenvalue weighted by Crippen LogP contribution is -2.28. The average molecular weight is 423 g/mol. The minimum atomic E-state index is -4.77. The Kier molecular flexibility index (Phi) is 6.72. The van der Waals surface area contributed by atoms with Crippen LogP contribution in [-0.4, -0.2) is 19.3 Å². The Labute approximate surface area is 163 Å². The lowest BCUT2D eigenvalue weighted by atomic mass is 10.1. The molecule has 146 valence electrons. The second-order valence-electron chi connectivity index (χ2n) is 5.27. The fourth-order valence-electron chi connectivity index (χ4n) is 2.24. The number of hydrogen-bond donors (Lipinski definition) is 2. The summed E-state index contributed by atoms with van der Waals surface area (Å²) in [4.78, 5) is 0. The van der Waals surface area contributed by atoms with E-state index in [2.05, 4.69) is 10.6 Å². The van der Waals surface area contributed by atoms with Crippen molar-refractivity contribution >= 4 is 34.6 Å². The number of thiocarbonyl (C=S) groups is 1. The van der Waals surface area contributed by atoms with Crippen molar-refractivity contribution < 1.29 is 27.0 Å². The molecular formula is C17H15ClF4N2O2S. The van der Waals surface area contributed by atoms with E-state index in [1.165, 1.54) is 26.4 Å². The zero-order valence-electron chi connectivity index (χ0n) is 14.2. The highest BCUT2D eigenvalue weighted by molar-refractivity contribution is 7.80. The number of benzene rings is 2. The van der Waals surface area contributed by atoms with Crippen LogP contribution in [0.15, 0.2) is 30.3 Å². The topological polar surface area (TPSA) is 42.5 Å². The second-order valence-corrected chi connectivity index (χ2v) is 6.09. The summed E-state index contributed by atoms with van der Waals surface area (Å²) in [5.74, 6) is -0.604. The van der Waals surface area contributed by atoms with Crippen LogP contribution in [0.5, 0.6) is 11.5 Å². The van der Waals surface area contributed by atoms with Crippen LogP contribution in [0.25, 0.3) is 0 Å². The molecule has 2 aromatic rings. The van der Waals surface area contributed by atoms with Crippen LogP contribution < -0.4 is 20.1 Å². The standard InChI is InChI=1S/C17H15ClF4N2O2S/c1-25-13-7-12(14(26-2)6-11(13)18)24-16(27)23-8-9-4-3-5-10(15(9)19)17(20,21)22/h3-7H,8H2,1-2H3,(H2,23,24,27). The molecule has 0 radical (unpaired) electrons. The van der Waals surface area contributed by atoms with E-state index >= 15 is 0 Å². The van der Waals surface area contributed by atoms with E-state index in [1.54, 1.807) is 6.07 Å². The lowest BCUT2D eigenvalue weighted by Gasteiger charge is -2.16. The van der Waals surface area contributed by atoms with Gasteiger partial charge in [-0.15, -0.1) is 0 Å². The SMILES string of the molecule is COc1cc(NC(=S)NCc2cccc(C(F)(F)F)c2F)c(OC)cc1Cl. The smallest absolute Gasteiger partial charge is 0.419 e. The maximum atomic E-state index is 14.0. The zero-order valence-corrected chi connectivity index (χ0v) is 15.8. The molecule has 0 saturated heterocycles. The van der Waals surface area contributed by atoms with Gasteiger partial charge in [-0.05, 0) is 18.3 Å². The summed E-state index contributed by atoms with van der Waals surface area (Å²) < 4.78 is 62.6. The van der Waals surface area contributed by atoms with Gasteiger partial charge in [0.25, 0.3) is 0 Å². The van der Waals surface area contributed by atoms with Crippen molar-refractivity contribution in [3.05, 3.63) is 52.3 Å². The van der Waals surface area contributed by atoms with Gasteiger partial charge in [0.2, 0.25) is 0 Å². The third kappa shape index (κ3) is 5.14. The summed E-state index contributed by atoms with van der Waals surface area (Å²) in [5.41, 5.74) is -1.08. The van der Waals surface area contributed by atoms with Crippen molar-refractivity contribution in [1.29, 1.82) is 0 Å². The van der Waals surface area contributed by atoms with Gasteiger partial charge < -0.3 is 20.1 Å². The largest absolute Gasteiger partial charge is 0.495 e. The molecule has 0 heterocycles. The Bertz CT molecular complexity index is 846. The Morgan fingerprint density at radius 1 is 1.15 bits per heavy atom. The van der Waals surface area contributed by atoms with Gasteiger partial charge >= 0.3 is 6.18 Å². The molecule has 0 amide bonds. The molecule has 2 aromatic carbocycles. The van der Waals surface area contributed by atoms with Crippen molar-refractivity contribution in [2.45, 2.75) is 12.7 Å². The second kappa shape index (κ2) is 8.62. The average Bonchev–Trinajstić information content (AvgIpc) is 2.60. The summed E-state index contributed by atoms with van der Waals surface area (Å²) in [6.45, 7) is -0.241. The Morgan fingerprint density at radius 3 is 2.41 bits per heavy atom. The number of alkyl halides is 3. The van der Waals surface area contributed by atoms with Crippen molar-refractivity contribution in [2.75, 3.05) is 19.5 Å². The number of halogens is 5. The number of methoxy groups -OCH3 is 2. The molecule has 0 spiro atoms. The molecule has 0 saturated carbocycles. The summed E-state index contributed by atoms with van der Waals surface area (Å²) in [6, 6.07) is 6.11. The quantitative estimate of drug-likeness (QED) is 0.524. The van der Waals surface area contributed by atoms with E-state index in [4.69, 9.17) is 33.3 Å². The Morgan fingerprint density at radius 2 is 1.81 bits per heavy atom. The van der Waals surface area contributed by atoms with Gasteiger partial charge in [0.05, 0.1) is 30.5 Å².